The van der Waals surface area contributed by atoms with E-state index in [1.165, 1.54) is 0 Å². The summed E-state index contributed by atoms with van der Waals surface area (Å²) in [6.45, 7) is 3.24. The lowest BCUT2D eigenvalue weighted by atomic mass is 9.99. The third kappa shape index (κ3) is 2.97. The van der Waals surface area contributed by atoms with E-state index in [-0.39, 0.29) is 17.9 Å². The van der Waals surface area contributed by atoms with Gasteiger partial charge in [-0.1, -0.05) is 12.1 Å². The van der Waals surface area contributed by atoms with Gasteiger partial charge in [-0.05, 0) is 31.0 Å². The number of nitrogens with one attached hydrogen (secondary N) is 1. The molecule has 1 aromatic rings. The predicted molar refractivity (Wildman–Crippen MR) is 66.6 cm³/mol. The van der Waals surface area contributed by atoms with Gasteiger partial charge in [-0.3, -0.25) is 4.79 Å². The Morgan fingerprint density at radius 2 is 2.41 bits per heavy atom. The van der Waals surface area contributed by atoms with Crippen molar-refractivity contribution >= 4 is 11.6 Å². The fraction of sp³-hybridized carbons (Fsp3) is 0.462. The Kier molecular flexibility index (Phi) is 3.64. The minimum Gasteiger partial charge on any atom is -0.399 e. The number of carbonyl (C=O) groups is 1. The molecule has 4 heteroatoms. The van der Waals surface area contributed by atoms with E-state index >= 15 is 0 Å². The van der Waals surface area contributed by atoms with Crippen molar-refractivity contribution in [2.24, 2.45) is 0 Å². The summed E-state index contributed by atoms with van der Waals surface area (Å²) in [7, 11) is 0. The van der Waals surface area contributed by atoms with E-state index in [2.05, 4.69) is 5.32 Å². The summed E-state index contributed by atoms with van der Waals surface area (Å²) in [4.78, 5) is 12.0. The Hall–Kier alpha value is -1.55. The number of rotatable bonds is 3. The van der Waals surface area contributed by atoms with E-state index in [1.54, 1.807) is 0 Å². The Bertz CT molecular complexity index is 400. The van der Waals surface area contributed by atoms with E-state index < -0.39 is 0 Å². The van der Waals surface area contributed by atoms with Crippen LogP contribution < -0.4 is 11.1 Å². The average Bonchev–Trinajstić information content (AvgIpc) is 2.80. The predicted octanol–water partition coefficient (Wildman–Crippen LogP) is 1.28. The van der Waals surface area contributed by atoms with Crippen LogP contribution in [0.15, 0.2) is 24.3 Å². The molecule has 1 fully saturated rings. The van der Waals surface area contributed by atoms with Crippen molar-refractivity contribution in [2.75, 3.05) is 18.9 Å². The first-order valence-electron chi connectivity index (χ1n) is 5.90. The average molecular weight is 234 g/mol. The minimum absolute atomic E-state index is 0.0334. The smallest absolute Gasteiger partial charge is 0.227 e. The van der Waals surface area contributed by atoms with Gasteiger partial charge in [0, 0.05) is 12.3 Å². The maximum absolute atomic E-state index is 12.0. The Morgan fingerprint density at radius 3 is 3.06 bits per heavy atom. The normalized spacial score (nSPS) is 21.1. The summed E-state index contributed by atoms with van der Waals surface area (Å²) >= 11 is 0. The van der Waals surface area contributed by atoms with Crippen LogP contribution in [0.25, 0.3) is 0 Å². The van der Waals surface area contributed by atoms with Gasteiger partial charge in [0.25, 0.3) is 0 Å². The highest BCUT2D eigenvalue weighted by Crippen LogP contribution is 2.18. The summed E-state index contributed by atoms with van der Waals surface area (Å²) in [5.41, 5.74) is 7.34. The van der Waals surface area contributed by atoms with E-state index in [9.17, 15) is 4.79 Å². The molecule has 1 aromatic carbocycles. The van der Waals surface area contributed by atoms with Gasteiger partial charge in [-0.15, -0.1) is 0 Å². The van der Waals surface area contributed by atoms with Crippen LogP contribution in [0.3, 0.4) is 0 Å². The number of ether oxygens (including phenoxy) is 1. The zero-order valence-electron chi connectivity index (χ0n) is 9.98. The maximum atomic E-state index is 12.0. The molecule has 92 valence electrons. The van der Waals surface area contributed by atoms with E-state index in [0.29, 0.717) is 12.3 Å². The largest absolute Gasteiger partial charge is 0.399 e. The molecule has 2 atom stereocenters. The van der Waals surface area contributed by atoms with E-state index in [4.69, 9.17) is 10.5 Å². The van der Waals surface area contributed by atoms with Crippen LogP contribution >= 0.6 is 0 Å². The molecule has 1 saturated heterocycles. The number of nitrogens with two attached hydrogens (primary N) is 1. The van der Waals surface area contributed by atoms with Gasteiger partial charge in [0.05, 0.1) is 18.6 Å². The van der Waals surface area contributed by atoms with Crippen molar-refractivity contribution in [3.05, 3.63) is 29.8 Å². The lowest BCUT2D eigenvalue weighted by molar-refractivity contribution is -0.122. The van der Waals surface area contributed by atoms with Gasteiger partial charge in [0.15, 0.2) is 0 Å². The summed E-state index contributed by atoms with van der Waals surface area (Å²) < 4.78 is 5.23. The summed E-state index contributed by atoms with van der Waals surface area (Å²) in [5.74, 6) is -0.148. The first-order chi connectivity index (χ1) is 8.16. The molecule has 1 aliphatic heterocycles. The standard InChI is InChI=1S/C13H18N2O2/c1-9(10-3-2-4-11(14)7-10)13(16)15-12-5-6-17-8-12/h2-4,7,9,12H,5-6,8,14H2,1H3,(H,15,16). The molecule has 1 aliphatic rings. The molecule has 0 radical (unpaired) electrons. The second-order valence-corrected chi connectivity index (χ2v) is 4.46. The fourth-order valence-corrected chi connectivity index (χ4v) is 1.95. The monoisotopic (exact) mass is 234 g/mol. The molecule has 4 nitrogen and oxygen atoms in total. The highest BCUT2D eigenvalue weighted by atomic mass is 16.5. The first kappa shape index (κ1) is 11.9. The fourth-order valence-electron chi connectivity index (χ4n) is 1.95. The molecule has 3 N–H and O–H groups in total. The Balaban J connectivity index is 1.98. The van der Waals surface area contributed by atoms with Crippen LogP contribution in [0.1, 0.15) is 24.8 Å². The molecular formula is C13H18N2O2. The third-order valence-corrected chi connectivity index (χ3v) is 3.08. The topological polar surface area (TPSA) is 64.3 Å². The van der Waals surface area contributed by atoms with Gasteiger partial charge in [0.2, 0.25) is 5.91 Å². The van der Waals surface area contributed by atoms with Crippen LogP contribution in [-0.4, -0.2) is 25.2 Å². The molecular weight excluding hydrogens is 216 g/mol. The molecule has 2 rings (SSSR count). The lowest BCUT2D eigenvalue weighted by Crippen LogP contribution is -2.37. The van der Waals surface area contributed by atoms with Crippen LogP contribution in [0.4, 0.5) is 5.69 Å². The highest BCUT2D eigenvalue weighted by Gasteiger charge is 2.21. The highest BCUT2D eigenvalue weighted by molar-refractivity contribution is 5.83. The zero-order valence-corrected chi connectivity index (χ0v) is 9.98. The molecule has 17 heavy (non-hydrogen) atoms. The molecule has 0 aromatic heterocycles. The Labute approximate surface area is 101 Å². The molecule has 1 heterocycles. The number of nitrogen functional groups attached to an aromatic ring is 1. The number of anilines is 1. The number of carbonyl (C=O) groups excluding carboxylic acids is 1. The van der Waals surface area contributed by atoms with Crippen molar-refractivity contribution in [1.29, 1.82) is 0 Å². The van der Waals surface area contributed by atoms with Crippen LogP contribution in [0.5, 0.6) is 0 Å². The number of hydrogen-bond donors (Lipinski definition) is 2. The summed E-state index contributed by atoms with van der Waals surface area (Å²) in [5, 5.41) is 2.99. The van der Waals surface area contributed by atoms with Crippen molar-refractivity contribution in [1.82, 2.24) is 5.32 Å². The van der Waals surface area contributed by atoms with Gasteiger partial charge in [-0.2, -0.15) is 0 Å². The van der Waals surface area contributed by atoms with Gasteiger partial charge >= 0.3 is 0 Å². The minimum atomic E-state index is -0.181. The molecule has 0 saturated carbocycles. The molecule has 2 unspecified atom stereocenters. The lowest BCUT2D eigenvalue weighted by Gasteiger charge is -2.16. The molecule has 0 aliphatic carbocycles. The quantitative estimate of drug-likeness (QED) is 0.774. The number of benzene rings is 1. The van der Waals surface area contributed by atoms with Gasteiger partial charge < -0.3 is 15.8 Å². The van der Waals surface area contributed by atoms with Crippen molar-refractivity contribution in [3.63, 3.8) is 0 Å². The number of amides is 1. The Morgan fingerprint density at radius 1 is 1.59 bits per heavy atom. The second kappa shape index (κ2) is 5.19. The van der Waals surface area contributed by atoms with E-state index in [0.717, 1.165) is 18.6 Å². The maximum Gasteiger partial charge on any atom is 0.227 e. The van der Waals surface area contributed by atoms with Crippen molar-refractivity contribution in [2.45, 2.75) is 25.3 Å². The van der Waals surface area contributed by atoms with E-state index in [1.807, 2.05) is 31.2 Å². The SMILES string of the molecule is CC(C(=O)NC1CCOC1)c1cccc(N)c1. The molecule has 1 amide bonds. The number of hydrogen-bond acceptors (Lipinski definition) is 3. The molecule has 0 spiro atoms. The summed E-state index contributed by atoms with van der Waals surface area (Å²) in [6, 6.07) is 7.61. The summed E-state index contributed by atoms with van der Waals surface area (Å²) in [6.07, 6.45) is 0.898. The third-order valence-electron chi connectivity index (χ3n) is 3.08. The van der Waals surface area contributed by atoms with Gasteiger partial charge in [-0.25, -0.2) is 0 Å². The molecule has 0 bridgehead atoms. The van der Waals surface area contributed by atoms with Crippen molar-refractivity contribution in [3.8, 4) is 0 Å². The zero-order chi connectivity index (χ0) is 12.3. The first-order valence-corrected chi connectivity index (χ1v) is 5.90. The van der Waals surface area contributed by atoms with Crippen LogP contribution in [-0.2, 0) is 9.53 Å². The van der Waals surface area contributed by atoms with Gasteiger partial charge in [0.1, 0.15) is 0 Å². The van der Waals surface area contributed by atoms with Crippen molar-refractivity contribution < 1.29 is 9.53 Å². The van der Waals surface area contributed by atoms with Crippen LogP contribution in [0, 0.1) is 0 Å². The van der Waals surface area contributed by atoms with Crippen LogP contribution in [0.2, 0.25) is 0 Å². The second-order valence-electron chi connectivity index (χ2n) is 4.46.